The third-order valence-electron chi connectivity index (χ3n) is 2.49. The Kier molecular flexibility index (Phi) is 3.05. The van der Waals surface area contributed by atoms with Gasteiger partial charge in [-0.1, -0.05) is 0 Å². The molecule has 0 spiro atoms. The minimum absolute atomic E-state index is 0.0923. The average Bonchev–Trinajstić information content (AvgIpc) is 3.05. The first-order chi connectivity index (χ1) is 7.59. The molecule has 1 saturated carbocycles. The maximum atomic E-state index is 11.3. The maximum Gasteiger partial charge on any atom is 0.232 e. The van der Waals surface area contributed by atoms with E-state index in [2.05, 4.69) is 10.0 Å². The summed E-state index contributed by atoms with van der Waals surface area (Å²) in [6.07, 6.45) is 2.45. The van der Waals surface area contributed by atoms with Gasteiger partial charge in [0.1, 0.15) is 0 Å². The van der Waals surface area contributed by atoms with Crippen LogP contribution in [0.2, 0.25) is 0 Å². The molecule has 0 bridgehead atoms. The van der Waals surface area contributed by atoms with Gasteiger partial charge in [0.05, 0.1) is 5.75 Å². The van der Waals surface area contributed by atoms with Crippen molar-refractivity contribution >= 4 is 21.4 Å². The van der Waals surface area contributed by atoms with Crippen LogP contribution in [0.3, 0.4) is 0 Å². The second-order valence-electron chi connectivity index (χ2n) is 4.00. The van der Waals surface area contributed by atoms with E-state index in [1.807, 2.05) is 12.1 Å². The molecule has 1 aliphatic rings. The third kappa shape index (κ3) is 3.13. The number of sulfonamides is 1. The van der Waals surface area contributed by atoms with E-state index in [0.717, 1.165) is 5.69 Å². The summed E-state index contributed by atoms with van der Waals surface area (Å²) in [5.41, 5.74) is 1.66. The molecule has 2 rings (SSSR count). The molecule has 0 unspecified atom stereocenters. The summed E-state index contributed by atoms with van der Waals surface area (Å²) in [7, 11) is -3.17. The molecule has 0 aliphatic heterocycles. The highest BCUT2D eigenvalue weighted by atomic mass is 32.2. The van der Waals surface area contributed by atoms with Crippen LogP contribution >= 0.6 is 0 Å². The Morgan fingerprint density at radius 1 is 1.19 bits per heavy atom. The van der Waals surface area contributed by atoms with E-state index >= 15 is 0 Å². The number of benzene rings is 1. The van der Waals surface area contributed by atoms with Gasteiger partial charge >= 0.3 is 0 Å². The molecule has 0 atom stereocenters. The van der Waals surface area contributed by atoms with Crippen molar-refractivity contribution in [2.75, 3.05) is 15.8 Å². The highest BCUT2D eigenvalue weighted by Crippen LogP contribution is 2.25. The lowest BCUT2D eigenvalue weighted by molar-refractivity contribution is 0.602. The van der Waals surface area contributed by atoms with Gasteiger partial charge in [-0.25, -0.2) is 8.42 Å². The lowest BCUT2D eigenvalue weighted by Crippen LogP contribution is -2.14. The van der Waals surface area contributed by atoms with Gasteiger partial charge in [0.25, 0.3) is 0 Å². The maximum absolute atomic E-state index is 11.3. The first kappa shape index (κ1) is 11.3. The molecule has 0 radical (unpaired) electrons. The van der Waals surface area contributed by atoms with E-state index in [9.17, 15) is 8.42 Å². The molecule has 0 saturated heterocycles. The van der Waals surface area contributed by atoms with Crippen molar-refractivity contribution in [3.63, 3.8) is 0 Å². The van der Waals surface area contributed by atoms with E-state index in [1.165, 1.54) is 12.8 Å². The SMILES string of the molecule is CCS(=O)(=O)Nc1ccc(NC2CC2)cc1. The molecule has 4 nitrogen and oxygen atoms in total. The normalized spacial score (nSPS) is 15.8. The van der Waals surface area contributed by atoms with E-state index in [4.69, 9.17) is 0 Å². The molecular formula is C11H16N2O2S. The number of rotatable bonds is 5. The van der Waals surface area contributed by atoms with Crippen LogP contribution in [0.5, 0.6) is 0 Å². The van der Waals surface area contributed by atoms with Crippen molar-refractivity contribution in [3.8, 4) is 0 Å². The van der Waals surface area contributed by atoms with Crippen LogP contribution in [0.1, 0.15) is 19.8 Å². The smallest absolute Gasteiger partial charge is 0.232 e. The van der Waals surface area contributed by atoms with E-state index in [1.54, 1.807) is 19.1 Å². The monoisotopic (exact) mass is 240 g/mol. The Labute approximate surface area is 96.1 Å². The van der Waals surface area contributed by atoms with Gasteiger partial charge in [-0.3, -0.25) is 4.72 Å². The van der Waals surface area contributed by atoms with Crippen molar-refractivity contribution < 1.29 is 8.42 Å². The number of anilines is 2. The van der Waals surface area contributed by atoms with Gasteiger partial charge in [-0.05, 0) is 44.0 Å². The zero-order valence-electron chi connectivity index (χ0n) is 9.23. The van der Waals surface area contributed by atoms with Crippen molar-refractivity contribution in [1.29, 1.82) is 0 Å². The van der Waals surface area contributed by atoms with E-state index in [0.29, 0.717) is 11.7 Å². The Bertz CT molecular complexity index is 449. The zero-order chi connectivity index (χ0) is 11.6. The first-order valence-corrected chi connectivity index (χ1v) is 7.11. The molecule has 0 aromatic heterocycles. The molecule has 88 valence electrons. The van der Waals surface area contributed by atoms with Crippen molar-refractivity contribution in [2.45, 2.75) is 25.8 Å². The van der Waals surface area contributed by atoms with Crippen molar-refractivity contribution in [3.05, 3.63) is 24.3 Å². The molecule has 0 amide bonds. The Morgan fingerprint density at radius 2 is 1.75 bits per heavy atom. The predicted octanol–water partition coefficient (Wildman–Crippen LogP) is 2.02. The largest absolute Gasteiger partial charge is 0.382 e. The third-order valence-corrected chi connectivity index (χ3v) is 3.79. The van der Waals surface area contributed by atoms with Gasteiger partial charge in [0.15, 0.2) is 0 Å². The molecule has 2 N–H and O–H groups in total. The summed E-state index contributed by atoms with van der Waals surface area (Å²) in [5.74, 6) is 0.0923. The van der Waals surface area contributed by atoms with Crippen LogP contribution in [0.15, 0.2) is 24.3 Å². The molecule has 1 aliphatic carbocycles. The zero-order valence-corrected chi connectivity index (χ0v) is 10.0. The first-order valence-electron chi connectivity index (χ1n) is 5.46. The van der Waals surface area contributed by atoms with E-state index in [-0.39, 0.29) is 5.75 Å². The molecule has 1 aromatic rings. The van der Waals surface area contributed by atoms with Crippen LogP contribution in [0.25, 0.3) is 0 Å². The van der Waals surface area contributed by atoms with Crippen LogP contribution in [-0.2, 0) is 10.0 Å². The van der Waals surface area contributed by atoms with Crippen LogP contribution in [-0.4, -0.2) is 20.2 Å². The number of nitrogens with one attached hydrogen (secondary N) is 2. The Balaban J connectivity index is 2.01. The molecule has 16 heavy (non-hydrogen) atoms. The summed E-state index contributed by atoms with van der Waals surface area (Å²) in [4.78, 5) is 0. The number of hydrogen-bond acceptors (Lipinski definition) is 3. The molecular weight excluding hydrogens is 224 g/mol. The second-order valence-corrected chi connectivity index (χ2v) is 6.01. The fourth-order valence-corrected chi connectivity index (χ4v) is 1.99. The molecule has 1 aromatic carbocycles. The highest BCUT2D eigenvalue weighted by Gasteiger charge is 2.20. The molecule has 1 fully saturated rings. The van der Waals surface area contributed by atoms with Gasteiger partial charge in [-0.2, -0.15) is 0 Å². The van der Waals surface area contributed by atoms with Crippen LogP contribution < -0.4 is 10.0 Å². The van der Waals surface area contributed by atoms with E-state index < -0.39 is 10.0 Å². The van der Waals surface area contributed by atoms with Gasteiger partial charge in [0, 0.05) is 17.4 Å². The summed E-state index contributed by atoms with van der Waals surface area (Å²) in [5, 5.41) is 3.34. The van der Waals surface area contributed by atoms with Gasteiger partial charge < -0.3 is 5.32 Å². The second kappa shape index (κ2) is 4.33. The molecule has 5 heteroatoms. The standard InChI is InChI=1S/C11H16N2O2S/c1-2-16(14,15)13-11-7-5-10(6-8-11)12-9-3-4-9/h5-9,12-13H,2-4H2,1H3. The minimum Gasteiger partial charge on any atom is -0.382 e. The van der Waals surface area contributed by atoms with Crippen LogP contribution in [0.4, 0.5) is 11.4 Å². The average molecular weight is 240 g/mol. The summed E-state index contributed by atoms with van der Waals surface area (Å²) in [6, 6.07) is 7.95. The fourth-order valence-electron chi connectivity index (χ4n) is 1.35. The number of hydrogen-bond donors (Lipinski definition) is 2. The minimum atomic E-state index is -3.17. The van der Waals surface area contributed by atoms with Crippen molar-refractivity contribution in [1.82, 2.24) is 0 Å². The quantitative estimate of drug-likeness (QED) is 0.828. The fraction of sp³-hybridized carbons (Fsp3) is 0.455. The Hall–Kier alpha value is -1.23. The Morgan fingerprint density at radius 3 is 2.25 bits per heavy atom. The summed E-state index contributed by atoms with van der Waals surface area (Å²) >= 11 is 0. The predicted molar refractivity (Wildman–Crippen MR) is 66.2 cm³/mol. The van der Waals surface area contributed by atoms with Gasteiger partial charge in [0.2, 0.25) is 10.0 Å². The summed E-state index contributed by atoms with van der Waals surface area (Å²) < 4.78 is 25.1. The lowest BCUT2D eigenvalue weighted by Gasteiger charge is -2.08. The highest BCUT2D eigenvalue weighted by molar-refractivity contribution is 7.92. The topological polar surface area (TPSA) is 58.2 Å². The van der Waals surface area contributed by atoms with Crippen LogP contribution in [0, 0.1) is 0 Å². The van der Waals surface area contributed by atoms with Crippen molar-refractivity contribution in [2.24, 2.45) is 0 Å². The summed E-state index contributed by atoms with van der Waals surface area (Å²) in [6.45, 7) is 1.62. The lowest BCUT2D eigenvalue weighted by atomic mass is 10.3. The molecule has 0 heterocycles. The van der Waals surface area contributed by atoms with Gasteiger partial charge in [-0.15, -0.1) is 0 Å².